The van der Waals surface area contributed by atoms with Gasteiger partial charge in [0, 0.05) is 45.7 Å². The van der Waals surface area contributed by atoms with Crippen molar-refractivity contribution in [1.82, 2.24) is 20.1 Å². The highest BCUT2D eigenvalue weighted by Gasteiger charge is 2.20. The maximum atomic E-state index is 11.4. The van der Waals surface area contributed by atoms with Crippen LogP contribution in [0.4, 0.5) is 0 Å². The summed E-state index contributed by atoms with van der Waals surface area (Å²) in [6.45, 7) is 8.00. The first-order valence-electron chi connectivity index (χ1n) is 7.92. The lowest BCUT2D eigenvalue weighted by molar-refractivity contribution is -0.130. The summed E-state index contributed by atoms with van der Waals surface area (Å²) in [4.78, 5) is 24.5. The second-order valence-corrected chi connectivity index (χ2v) is 5.33. The summed E-state index contributed by atoms with van der Waals surface area (Å²) in [6.07, 6.45) is 0. The van der Waals surface area contributed by atoms with Crippen LogP contribution in [-0.2, 0) is 11.3 Å². The minimum Gasteiger partial charge on any atom is -0.481 e. The van der Waals surface area contributed by atoms with Gasteiger partial charge in [-0.15, -0.1) is 0 Å². The van der Waals surface area contributed by atoms with Crippen molar-refractivity contribution in [2.24, 2.45) is 4.99 Å². The van der Waals surface area contributed by atoms with Gasteiger partial charge in [0.15, 0.2) is 5.96 Å². The van der Waals surface area contributed by atoms with E-state index in [1.165, 1.54) is 0 Å². The van der Waals surface area contributed by atoms with Gasteiger partial charge in [-0.25, -0.2) is 9.98 Å². The molecule has 126 valence electrons. The zero-order chi connectivity index (χ0) is 16.7. The molecule has 1 aromatic rings. The third-order valence-electron chi connectivity index (χ3n) is 3.74. The lowest BCUT2D eigenvalue weighted by Gasteiger charge is -2.36. The Balaban J connectivity index is 2.01. The summed E-state index contributed by atoms with van der Waals surface area (Å²) in [5.74, 6) is 1.59. The Labute approximate surface area is 137 Å². The zero-order valence-corrected chi connectivity index (χ0v) is 14.1. The van der Waals surface area contributed by atoms with Gasteiger partial charge in [0.2, 0.25) is 11.8 Å². The van der Waals surface area contributed by atoms with Crippen molar-refractivity contribution >= 4 is 11.9 Å². The van der Waals surface area contributed by atoms with Crippen LogP contribution in [0.15, 0.2) is 23.2 Å². The molecule has 0 atom stereocenters. The maximum absolute atomic E-state index is 11.4. The number of hydrogen-bond donors (Lipinski definition) is 1. The lowest BCUT2D eigenvalue weighted by atomic mass is 10.3. The van der Waals surface area contributed by atoms with Gasteiger partial charge in [0.05, 0.1) is 19.3 Å². The zero-order valence-electron chi connectivity index (χ0n) is 14.1. The van der Waals surface area contributed by atoms with E-state index in [4.69, 9.17) is 4.74 Å². The molecule has 1 aromatic heterocycles. The summed E-state index contributed by atoms with van der Waals surface area (Å²) in [5.41, 5.74) is 0.863. The van der Waals surface area contributed by atoms with E-state index >= 15 is 0 Å². The Bertz CT molecular complexity index is 553. The highest BCUT2D eigenvalue weighted by Crippen LogP contribution is 2.08. The fraction of sp³-hybridized carbons (Fsp3) is 0.562. The highest BCUT2D eigenvalue weighted by molar-refractivity contribution is 5.80. The minimum atomic E-state index is 0.132. The molecule has 1 saturated heterocycles. The van der Waals surface area contributed by atoms with Gasteiger partial charge in [-0.2, -0.15) is 0 Å². The number of guanidine groups is 1. The molecule has 0 spiro atoms. The maximum Gasteiger partial charge on any atom is 0.219 e. The van der Waals surface area contributed by atoms with Gasteiger partial charge in [-0.1, -0.05) is 6.07 Å². The summed E-state index contributed by atoms with van der Waals surface area (Å²) in [5, 5.41) is 3.31. The first-order valence-corrected chi connectivity index (χ1v) is 7.92. The Kier molecular flexibility index (Phi) is 6.19. The van der Waals surface area contributed by atoms with Gasteiger partial charge < -0.3 is 19.9 Å². The Morgan fingerprint density at radius 2 is 2.00 bits per heavy atom. The van der Waals surface area contributed by atoms with E-state index in [1.54, 1.807) is 14.0 Å². The number of nitrogens with one attached hydrogen (secondary N) is 1. The molecule has 1 fully saturated rings. The number of rotatable bonds is 4. The normalized spacial score (nSPS) is 15.5. The van der Waals surface area contributed by atoms with Crippen molar-refractivity contribution < 1.29 is 9.53 Å². The molecule has 23 heavy (non-hydrogen) atoms. The molecule has 7 nitrogen and oxygen atoms in total. The van der Waals surface area contributed by atoms with E-state index in [1.807, 2.05) is 30.0 Å². The van der Waals surface area contributed by atoms with Crippen LogP contribution < -0.4 is 10.1 Å². The number of ether oxygens (including phenoxy) is 1. The van der Waals surface area contributed by atoms with E-state index in [9.17, 15) is 4.79 Å². The minimum absolute atomic E-state index is 0.132. The van der Waals surface area contributed by atoms with E-state index in [-0.39, 0.29) is 5.91 Å². The first-order chi connectivity index (χ1) is 11.1. The smallest absolute Gasteiger partial charge is 0.219 e. The quantitative estimate of drug-likeness (QED) is 0.654. The van der Waals surface area contributed by atoms with Crippen LogP contribution >= 0.6 is 0 Å². The number of carbonyl (C=O) groups excluding carboxylic acids is 1. The predicted octanol–water partition coefficient (Wildman–Crippen LogP) is 0.720. The summed E-state index contributed by atoms with van der Waals surface area (Å²) in [6, 6.07) is 5.66. The third kappa shape index (κ3) is 4.84. The second kappa shape index (κ2) is 8.36. The van der Waals surface area contributed by atoms with Crippen LogP contribution in [0.1, 0.15) is 19.5 Å². The largest absolute Gasteiger partial charge is 0.481 e. The number of aliphatic imine (C=N–C) groups is 1. The highest BCUT2D eigenvalue weighted by atomic mass is 16.5. The number of hydrogen-bond acceptors (Lipinski definition) is 4. The molecular formula is C16H25N5O2. The van der Waals surface area contributed by atoms with Crippen LogP contribution in [0, 0.1) is 0 Å². The van der Waals surface area contributed by atoms with E-state index in [0.29, 0.717) is 12.4 Å². The fourth-order valence-corrected chi connectivity index (χ4v) is 2.47. The lowest BCUT2D eigenvalue weighted by Crippen LogP contribution is -2.53. The van der Waals surface area contributed by atoms with Crippen LogP contribution in [0.3, 0.4) is 0 Å². The topological polar surface area (TPSA) is 70.1 Å². The van der Waals surface area contributed by atoms with Gasteiger partial charge in [0.25, 0.3) is 0 Å². The summed E-state index contributed by atoms with van der Waals surface area (Å²) < 4.78 is 5.14. The van der Waals surface area contributed by atoms with Crippen LogP contribution in [0.25, 0.3) is 0 Å². The third-order valence-corrected chi connectivity index (χ3v) is 3.74. The van der Waals surface area contributed by atoms with Crippen LogP contribution in [0.5, 0.6) is 5.88 Å². The number of aromatic nitrogens is 1. The molecule has 2 heterocycles. The molecule has 0 unspecified atom stereocenters. The molecule has 1 aliphatic heterocycles. The van der Waals surface area contributed by atoms with Crippen LogP contribution in [-0.4, -0.2) is 66.5 Å². The molecule has 0 radical (unpaired) electrons. The standard InChI is InChI=1S/C16H25N5O2/c1-4-17-16(21-10-8-20(9-11-21)13(2)22)18-12-14-6-5-7-15(19-14)23-3/h5-7H,4,8-12H2,1-3H3,(H,17,18). The van der Waals surface area contributed by atoms with Gasteiger partial charge in [-0.3, -0.25) is 4.79 Å². The number of carbonyl (C=O) groups is 1. The van der Waals surface area contributed by atoms with Crippen molar-refractivity contribution in [3.8, 4) is 5.88 Å². The average molecular weight is 319 g/mol. The monoisotopic (exact) mass is 319 g/mol. The van der Waals surface area contributed by atoms with E-state index in [2.05, 4.69) is 20.2 Å². The van der Waals surface area contributed by atoms with E-state index in [0.717, 1.165) is 44.4 Å². The molecule has 1 aliphatic rings. The Hall–Kier alpha value is -2.31. The second-order valence-electron chi connectivity index (χ2n) is 5.33. The average Bonchev–Trinajstić information content (AvgIpc) is 2.59. The van der Waals surface area contributed by atoms with Crippen molar-refractivity contribution in [2.45, 2.75) is 20.4 Å². The van der Waals surface area contributed by atoms with Crippen molar-refractivity contribution in [3.05, 3.63) is 23.9 Å². The molecule has 0 aliphatic carbocycles. The van der Waals surface area contributed by atoms with Crippen molar-refractivity contribution in [2.75, 3.05) is 39.8 Å². The molecule has 1 amide bonds. The molecule has 7 heteroatoms. The van der Waals surface area contributed by atoms with Gasteiger partial charge >= 0.3 is 0 Å². The molecule has 0 saturated carbocycles. The summed E-state index contributed by atoms with van der Waals surface area (Å²) >= 11 is 0. The number of pyridine rings is 1. The fourth-order valence-electron chi connectivity index (χ4n) is 2.47. The Morgan fingerprint density at radius 3 is 2.61 bits per heavy atom. The summed E-state index contributed by atoms with van der Waals surface area (Å²) in [7, 11) is 1.61. The number of methoxy groups -OCH3 is 1. The predicted molar refractivity (Wildman–Crippen MR) is 89.4 cm³/mol. The molecular weight excluding hydrogens is 294 g/mol. The SMILES string of the molecule is CCNC(=NCc1cccc(OC)n1)N1CCN(C(C)=O)CC1. The Morgan fingerprint density at radius 1 is 1.30 bits per heavy atom. The van der Waals surface area contributed by atoms with Gasteiger partial charge in [0.1, 0.15) is 0 Å². The molecule has 1 N–H and O–H groups in total. The number of piperazine rings is 1. The first kappa shape index (κ1) is 17.1. The van der Waals surface area contributed by atoms with Gasteiger partial charge in [-0.05, 0) is 13.0 Å². The number of nitrogens with zero attached hydrogens (tertiary/aromatic N) is 4. The number of amides is 1. The van der Waals surface area contributed by atoms with Crippen molar-refractivity contribution in [1.29, 1.82) is 0 Å². The molecule has 0 bridgehead atoms. The molecule has 0 aromatic carbocycles. The molecule has 2 rings (SSSR count). The van der Waals surface area contributed by atoms with Crippen molar-refractivity contribution in [3.63, 3.8) is 0 Å². The van der Waals surface area contributed by atoms with E-state index < -0.39 is 0 Å². The van der Waals surface area contributed by atoms with Crippen LogP contribution in [0.2, 0.25) is 0 Å².